The van der Waals surface area contributed by atoms with E-state index in [9.17, 15) is 17.6 Å². The summed E-state index contributed by atoms with van der Waals surface area (Å²) in [5.41, 5.74) is 0.864. The van der Waals surface area contributed by atoms with Crippen LogP contribution in [-0.2, 0) is 0 Å². The number of aromatic nitrogens is 1. The van der Waals surface area contributed by atoms with Gasteiger partial charge in [-0.3, -0.25) is 0 Å². The van der Waals surface area contributed by atoms with Crippen LogP contribution in [0.25, 0.3) is 0 Å². The van der Waals surface area contributed by atoms with E-state index in [2.05, 4.69) is 4.98 Å². The highest BCUT2D eigenvalue weighted by Gasteiger charge is 2.57. The van der Waals surface area contributed by atoms with Crippen LogP contribution >= 0.6 is 11.8 Å². The summed E-state index contributed by atoms with van der Waals surface area (Å²) in [6.07, 6.45) is 0.818. The Kier molecular flexibility index (Phi) is 3.59. The summed E-state index contributed by atoms with van der Waals surface area (Å²) in [5.74, 6) is -4.15. The maximum absolute atomic E-state index is 13.6. The number of anilines is 1. The van der Waals surface area contributed by atoms with Crippen LogP contribution in [0, 0.1) is 17.6 Å². The third-order valence-corrected chi connectivity index (χ3v) is 5.11. The molecule has 24 heavy (non-hydrogen) atoms. The molecule has 0 spiro atoms. The van der Waals surface area contributed by atoms with E-state index in [1.807, 2.05) is 4.90 Å². The first-order valence-electron chi connectivity index (χ1n) is 7.31. The van der Waals surface area contributed by atoms with Crippen LogP contribution < -0.4 is 9.64 Å². The molecule has 0 amide bonds. The highest BCUT2D eigenvalue weighted by molar-refractivity contribution is 7.99. The number of hydrogen-bond acceptors (Lipinski definition) is 4. The Morgan fingerprint density at radius 3 is 2.79 bits per heavy atom. The van der Waals surface area contributed by atoms with Crippen molar-refractivity contribution in [3.8, 4) is 11.6 Å². The first kappa shape index (κ1) is 15.6. The Hall–Kier alpha value is -1.96. The van der Waals surface area contributed by atoms with Gasteiger partial charge in [0, 0.05) is 29.8 Å². The van der Waals surface area contributed by atoms with Crippen molar-refractivity contribution in [1.29, 1.82) is 0 Å². The molecule has 3 nitrogen and oxygen atoms in total. The monoisotopic (exact) mass is 356 g/mol. The summed E-state index contributed by atoms with van der Waals surface area (Å²) in [7, 11) is 0. The second-order valence-corrected chi connectivity index (χ2v) is 6.82. The Bertz CT molecular complexity index is 802. The van der Waals surface area contributed by atoms with Crippen LogP contribution in [0.15, 0.2) is 35.4 Å². The van der Waals surface area contributed by atoms with Gasteiger partial charge in [-0.25, -0.2) is 22.5 Å². The van der Waals surface area contributed by atoms with Gasteiger partial charge in [0.15, 0.2) is 5.82 Å². The normalized spacial score (nSPS) is 20.8. The molecule has 2 aliphatic rings. The first-order valence-corrected chi connectivity index (χ1v) is 8.29. The number of pyridine rings is 1. The van der Waals surface area contributed by atoms with E-state index < -0.39 is 23.5 Å². The number of rotatable bonds is 4. The van der Waals surface area contributed by atoms with Crippen LogP contribution in [0.3, 0.4) is 0 Å². The zero-order chi connectivity index (χ0) is 16.9. The average Bonchev–Trinajstić information content (AvgIpc) is 2.94. The third kappa shape index (κ3) is 2.90. The quantitative estimate of drug-likeness (QED) is 0.743. The van der Waals surface area contributed by atoms with Gasteiger partial charge in [-0.05, 0) is 18.2 Å². The van der Waals surface area contributed by atoms with E-state index in [1.54, 1.807) is 18.2 Å². The summed E-state index contributed by atoms with van der Waals surface area (Å²) in [6, 6.07) is 5.78. The Morgan fingerprint density at radius 2 is 2.08 bits per heavy atom. The molecule has 8 heteroatoms. The minimum absolute atomic E-state index is 0.0553. The maximum Gasteiger partial charge on any atom is 0.256 e. The zero-order valence-corrected chi connectivity index (χ0v) is 13.1. The number of fused-ring (bicyclic) bond motifs is 1. The van der Waals surface area contributed by atoms with Crippen LogP contribution in [-0.4, -0.2) is 23.3 Å². The molecule has 4 rings (SSSR count). The number of benzene rings is 1. The first-order chi connectivity index (χ1) is 11.4. The molecule has 1 unspecified atom stereocenters. The van der Waals surface area contributed by atoms with E-state index in [0.29, 0.717) is 24.2 Å². The molecule has 2 aromatic rings. The molecule has 1 saturated carbocycles. The summed E-state index contributed by atoms with van der Waals surface area (Å²) >= 11 is 1.50. The van der Waals surface area contributed by atoms with Crippen molar-refractivity contribution >= 4 is 17.4 Å². The molecule has 1 fully saturated rings. The lowest BCUT2D eigenvalue weighted by Crippen LogP contribution is -2.23. The number of thioether (sulfide) groups is 1. The lowest BCUT2D eigenvalue weighted by molar-refractivity contribution is 0.100. The Balaban J connectivity index is 1.50. The molecule has 126 valence electrons. The van der Waals surface area contributed by atoms with Gasteiger partial charge in [-0.1, -0.05) is 0 Å². The van der Waals surface area contributed by atoms with Gasteiger partial charge in [-0.15, -0.1) is 11.8 Å². The smallest absolute Gasteiger partial charge is 0.256 e. The van der Waals surface area contributed by atoms with E-state index in [-0.39, 0.29) is 12.3 Å². The summed E-state index contributed by atoms with van der Waals surface area (Å²) in [6.45, 7) is 0.321. The molecular weight excluding hydrogens is 344 g/mol. The van der Waals surface area contributed by atoms with Crippen LogP contribution in [0.1, 0.15) is 6.42 Å². The molecular formula is C16H12F4N2OS. The second-order valence-electron chi connectivity index (χ2n) is 5.83. The average molecular weight is 356 g/mol. The SMILES string of the molecule is Fc1cnc(Oc2ccc3c(c2)SCN3CC2CC2(F)F)c(F)c1. The van der Waals surface area contributed by atoms with E-state index in [0.717, 1.165) is 16.8 Å². The van der Waals surface area contributed by atoms with Crippen LogP contribution in [0.4, 0.5) is 23.2 Å². The van der Waals surface area contributed by atoms with Gasteiger partial charge in [-0.2, -0.15) is 0 Å². The maximum atomic E-state index is 13.6. The molecule has 1 aromatic heterocycles. The third-order valence-electron chi connectivity index (χ3n) is 4.03. The summed E-state index contributed by atoms with van der Waals surface area (Å²) < 4.78 is 57.9. The van der Waals surface area contributed by atoms with E-state index in [1.165, 1.54) is 11.8 Å². The minimum Gasteiger partial charge on any atom is -0.436 e. The predicted octanol–water partition coefficient (Wildman–Crippen LogP) is 4.68. The van der Waals surface area contributed by atoms with Gasteiger partial charge in [0.1, 0.15) is 11.6 Å². The largest absolute Gasteiger partial charge is 0.436 e. The standard InChI is InChI=1S/C16H12F4N2OS/c17-10-3-12(18)15(21-6-10)23-11-1-2-13-14(4-11)24-8-22(13)7-9-5-16(9,19)20/h1-4,6,9H,5,7-8H2. The van der Waals surface area contributed by atoms with Crippen molar-refractivity contribution in [2.75, 3.05) is 17.3 Å². The summed E-state index contributed by atoms with van der Waals surface area (Å²) in [4.78, 5) is 6.36. The van der Waals surface area contributed by atoms with Gasteiger partial charge >= 0.3 is 0 Å². The van der Waals surface area contributed by atoms with Crippen molar-refractivity contribution in [3.63, 3.8) is 0 Å². The van der Waals surface area contributed by atoms with E-state index >= 15 is 0 Å². The van der Waals surface area contributed by atoms with Gasteiger partial charge in [0.05, 0.1) is 17.8 Å². The number of halogens is 4. The molecule has 0 radical (unpaired) electrons. The molecule has 1 aromatic carbocycles. The number of hydrogen-bond donors (Lipinski definition) is 0. The molecule has 0 saturated heterocycles. The fraction of sp³-hybridized carbons (Fsp3) is 0.312. The topological polar surface area (TPSA) is 25.4 Å². The number of ether oxygens (including phenoxy) is 1. The van der Waals surface area contributed by atoms with Crippen molar-refractivity contribution in [3.05, 3.63) is 42.1 Å². The minimum atomic E-state index is -2.54. The predicted molar refractivity (Wildman–Crippen MR) is 81.8 cm³/mol. The number of alkyl halides is 2. The Morgan fingerprint density at radius 1 is 1.29 bits per heavy atom. The van der Waals surface area contributed by atoms with Gasteiger partial charge < -0.3 is 9.64 Å². The van der Waals surface area contributed by atoms with Crippen molar-refractivity contribution in [1.82, 2.24) is 4.98 Å². The van der Waals surface area contributed by atoms with Crippen LogP contribution in [0.5, 0.6) is 11.6 Å². The van der Waals surface area contributed by atoms with E-state index in [4.69, 9.17) is 4.74 Å². The molecule has 1 aliphatic carbocycles. The molecule has 2 heterocycles. The molecule has 1 atom stereocenters. The highest BCUT2D eigenvalue weighted by Crippen LogP contribution is 2.51. The van der Waals surface area contributed by atoms with Crippen molar-refractivity contribution < 1.29 is 22.3 Å². The lowest BCUT2D eigenvalue weighted by atomic mass is 10.2. The van der Waals surface area contributed by atoms with Crippen molar-refractivity contribution in [2.45, 2.75) is 17.2 Å². The molecule has 0 bridgehead atoms. The van der Waals surface area contributed by atoms with Crippen molar-refractivity contribution in [2.24, 2.45) is 5.92 Å². The Labute approximate surface area is 139 Å². The fourth-order valence-electron chi connectivity index (χ4n) is 2.63. The van der Waals surface area contributed by atoms with Gasteiger partial charge in [0.2, 0.25) is 0 Å². The molecule has 1 aliphatic heterocycles. The lowest BCUT2D eigenvalue weighted by Gasteiger charge is -2.18. The summed E-state index contributed by atoms with van der Waals surface area (Å²) in [5, 5.41) is 0. The number of nitrogens with zero attached hydrogens (tertiary/aromatic N) is 2. The second kappa shape index (κ2) is 5.54. The molecule has 0 N–H and O–H groups in total. The zero-order valence-electron chi connectivity index (χ0n) is 12.3. The van der Waals surface area contributed by atoms with Gasteiger partial charge in [0.25, 0.3) is 11.8 Å². The fourth-order valence-corrected chi connectivity index (χ4v) is 3.71. The highest BCUT2D eigenvalue weighted by atomic mass is 32.2. The van der Waals surface area contributed by atoms with Crippen LogP contribution in [0.2, 0.25) is 0 Å².